The number of hydrogen-bond donors (Lipinski definition) is 2. The quantitative estimate of drug-likeness (QED) is 0.849. The lowest BCUT2D eigenvalue weighted by molar-refractivity contribution is 0.383. The zero-order valence-electron chi connectivity index (χ0n) is 10.9. The van der Waals surface area contributed by atoms with E-state index in [0.717, 1.165) is 25.0 Å². The van der Waals surface area contributed by atoms with E-state index in [4.69, 9.17) is 5.73 Å². The molecular formula is C12H21N3O2S. The van der Waals surface area contributed by atoms with Gasteiger partial charge in [0.1, 0.15) is 0 Å². The fourth-order valence-electron chi connectivity index (χ4n) is 2.10. The normalized spacial score (nSPS) is 17.1. The van der Waals surface area contributed by atoms with Gasteiger partial charge in [0.15, 0.2) is 0 Å². The van der Waals surface area contributed by atoms with Crippen LogP contribution in [0.1, 0.15) is 44.8 Å². The Morgan fingerprint density at radius 1 is 1.50 bits per heavy atom. The SMILES string of the molecule is CC(C)n1cc(S(=O)(=O)NC2CCC2)cc1CN. The molecule has 1 saturated carbocycles. The van der Waals surface area contributed by atoms with Crippen LogP contribution in [0.4, 0.5) is 0 Å². The molecule has 1 aromatic heterocycles. The molecule has 1 heterocycles. The second kappa shape index (κ2) is 5.03. The van der Waals surface area contributed by atoms with Gasteiger partial charge in [-0.15, -0.1) is 0 Å². The lowest BCUT2D eigenvalue weighted by Gasteiger charge is -2.25. The highest BCUT2D eigenvalue weighted by Gasteiger charge is 2.26. The summed E-state index contributed by atoms with van der Waals surface area (Å²) in [7, 11) is -3.39. The van der Waals surface area contributed by atoms with Gasteiger partial charge < -0.3 is 10.3 Å². The number of nitrogens with one attached hydrogen (secondary N) is 1. The number of sulfonamides is 1. The van der Waals surface area contributed by atoms with E-state index >= 15 is 0 Å². The molecule has 2 rings (SSSR count). The molecule has 102 valence electrons. The molecule has 0 radical (unpaired) electrons. The van der Waals surface area contributed by atoms with E-state index in [1.54, 1.807) is 12.3 Å². The lowest BCUT2D eigenvalue weighted by atomic mass is 9.94. The lowest BCUT2D eigenvalue weighted by Crippen LogP contribution is -2.39. The fourth-order valence-corrected chi connectivity index (χ4v) is 3.46. The van der Waals surface area contributed by atoms with E-state index in [0.29, 0.717) is 11.4 Å². The predicted octanol–water partition coefficient (Wildman–Crippen LogP) is 1.36. The van der Waals surface area contributed by atoms with Gasteiger partial charge in [0.25, 0.3) is 0 Å². The Labute approximate surface area is 108 Å². The van der Waals surface area contributed by atoms with Crippen molar-refractivity contribution in [3.63, 3.8) is 0 Å². The Hall–Kier alpha value is -0.850. The van der Waals surface area contributed by atoms with E-state index in [9.17, 15) is 8.42 Å². The van der Waals surface area contributed by atoms with Crippen LogP contribution in [0.25, 0.3) is 0 Å². The standard InChI is InChI=1S/C12H21N3O2S/c1-9(2)15-8-12(6-11(15)7-13)18(16,17)14-10-4-3-5-10/h6,8-10,14H,3-5,7,13H2,1-2H3. The highest BCUT2D eigenvalue weighted by atomic mass is 32.2. The van der Waals surface area contributed by atoms with E-state index in [2.05, 4.69) is 4.72 Å². The van der Waals surface area contributed by atoms with E-state index in [1.165, 1.54) is 0 Å². The Kier molecular flexibility index (Phi) is 3.79. The van der Waals surface area contributed by atoms with Crippen molar-refractivity contribution in [1.29, 1.82) is 0 Å². The molecule has 0 atom stereocenters. The molecule has 0 amide bonds. The molecule has 0 saturated heterocycles. The molecule has 18 heavy (non-hydrogen) atoms. The minimum absolute atomic E-state index is 0.110. The minimum Gasteiger partial charge on any atom is -0.346 e. The Morgan fingerprint density at radius 2 is 2.17 bits per heavy atom. The highest BCUT2D eigenvalue weighted by Crippen LogP contribution is 2.23. The molecule has 0 spiro atoms. The number of hydrogen-bond acceptors (Lipinski definition) is 3. The van der Waals surface area contributed by atoms with Crippen LogP contribution in [0, 0.1) is 0 Å². The molecule has 0 bridgehead atoms. The molecule has 3 N–H and O–H groups in total. The Morgan fingerprint density at radius 3 is 2.56 bits per heavy atom. The van der Waals surface area contributed by atoms with Crippen LogP contribution in [0.2, 0.25) is 0 Å². The van der Waals surface area contributed by atoms with Gasteiger partial charge in [0.05, 0.1) is 4.90 Å². The van der Waals surface area contributed by atoms with Crippen LogP contribution in [0.5, 0.6) is 0 Å². The highest BCUT2D eigenvalue weighted by molar-refractivity contribution is 7.89. The number of aromatic nitrogens is 1. The van der Waals surface area contributed by atoms with Gasteiger partial charge in [-0.25, -0.2) is 13.1 Å². The summed E-state index contributed by atoms with van der Waals surface area (Å²) in [4.78, 5) is 0.323. The second-order valence-electron chi connectivity index (χ2n) is 5.12. The smallest absolute Gasteiger partial charge is 0.242 e. The van der Waals surface area contributed by atoms with Gasteiger partial charge in [-0.05, 0) is 32.8 Å². The van der Waals surface area contributed by atoms with Gasteiger partial charge in [-0.3, -0.25) is 0 Å². The Balaban J connectivity index is 2.26. The summed E-state index contributed by atoms with van der Waals surface area (Å²) in [6.07, 6.45) is 4.66. The summed E-state index contributed by atoms with van der Waals surface area (Å²) in [5, 5.41) is 0. The maximum absolute atomic E-state index is 12.2. The average molecular weight is 271 g/mol. The maximum atomic E-state index is 12.2. The third-order valence-electron chi connectivity index (χ3n) is 3.41. The van der Waals surface area contributed by atoms with Crippen molar-refractivity contribution in [1.82, 2.24) is 9.29 Å². The first-order valence-corrected chi connectivity index (χ1v) is 7.85. The maximum Gasteiger partial charge on any atom is 0.242 e. The van der Waals surface area contributed by atoms with Crippen molar-refractivity contribution >= 4 is 10.0 Å². The third-order valence-corrected chi connectivity index (χ3v) is 4.90. The molecule has 1 fully saturated rings. The molecule has 0 aromatic carbocycles. The van der Waals surface area contributed by atoms with Crippen LogP contribution in [-0.2, 0) is 16.6 Å². The van der Waals surface area contributed by atoms with Gasteiger partial charge >= 0.3 is 0 Å². The summed E-state index contributed by atoms with van der Waals surface area (Å²) < 4.78 is 29.0. The zero-order chi connectivity index (χ0) is 13.3. The second-order valence-corrected chi connectivity index (χ2v) is 6.84. The van der Waals surface area contributed by atoms with Gasteiger partial charge in [-0.2, -0.15) is 0 Å². The zero-order valence-corrected chi connectivity index (χ0v) is 11.7. The fraction of sp³-hybridized carbons (Fsp3) is 0.667. The first kappa shape index (κ1) is 13.6. The van der Waals surface area contributed by atoms with E-state index in [-0.39, 0.29) is 12.1 Å². The van der Waals surface area contributed by atoms with Gasteiger partial charge in [0.2, 0.25) is 10.0 Å². The van der Waals surface area contributed by atoms with Crippen LogP contribution >= 0.6 is 0 Å². The molecule has 0 unspecified atom stereocenters. The molecule has 1 aliphatic carbocycles. The van der Waals surface area contributed by atoms with Crippen LogP contribution in [-0.4, -0.2) is 19.0 Å². The first-order chi connectivity index (χ1) is 8.44. The number of rotatable bonds is 5. The van der Waals surface area contributed by atoms with Crippen LogP contribution in [0.15, 0.2) is 17.2 Å². The molecule has 0 aliphatic heterocycles. The van der Waals surface area contributed by atoms with Crippen molar-refractivity contribution < 1.29 is 8.42 Å². The summed E-state index contributed by atoms with van der Waals surface area (Å²) >= 11 is 0. The molecule has 6 heteroatoms. The monoisotopic (exact) mass is 271 g/mol. The Bertz CT molecular complexity index is 515. The third kappa shape index (κ3) is 2.60. The largest absolute Gasteiger partial charge is 0.346 e. The molecule has 5 nitrogen and oxygen atoms in total. The number of nitrogens with two attached hydrogens (primary N) is 1. The predicted molar refractivity (Wildman–Crippen MR) is 70.7 cm³/mol. The van der Waals surface area contributed by atoms with Crippen molar-refractivity contribution in [2.24, 2.45) is 5.73 Å². The van der Waals surface area contributed by atoms with Crippen LogP contribution < -0.4 is 10.5 Å². The van der Waals surface area contributed by atoms with Gasteiger partial charge in [-0.1, -0.05) is 6.42 Å². The van der Waals surface area contributed by atoms with Crippen molar-refractivity contribution in [3.05, 3.63) is 18.0 Å². The van der Waals surface area contributed by atoms with E-state index in [1.807, 2.05) is 18.4 Å². The summed E-state index contributed by atoms with van der Waals surface area (Å²) in [6.45, 7) is 4.36. The van der Waals surface area contributed by atoms with Crippen LogP contribution in [0.3, 0.4) is 0 Å². The molecule has 1 aliphatic rings. The average Bonchev–Trinajstić information content (AvgIpc) is 2.68. The van der Waals surface area contributed by atoms with Crippen molar-refractivity contribution in [2.75, 3.05) is 0 Å². The summed E-state index contributed by atoms with van der Waals surface area (Å²) in [5.41, 5.74) is 6.49. The summed E-state index contributed by atoms with van der Waals surface area (Å²) in [5.74, 6) is 0. The van der Waals surface area contributed by atoms with Crippen molar-refractivity contribution in [3.8, 4) is 0 Å². The number of nitrogens with zero attached hydrogens (tertiary/aromatic N) is 1. The molecule has 1 aromatic rings. The van der Waals surface area contributed by atoms with E-state index < -0.39 is 10.0 Å². The van der Waals surface area contributed by atoms with Gasteiger partial charge in [0, 0.05) is 30.5 Å². The first-order valence-electron chi connectivity index (χ1n) is 6.37. The molecular weight excluding hydrogens is 250 g/mol. The summed E-state index contributed by atoms with van der Waals surface area (Å²) in [6, 6.07) is 1.98. The topological polar surface area (TPSA) is 77.1 Å². The minimum atomic E-state index is -3.39. The van der Waals surface area contributed by atoms with Crippen molar-refractivity contribution in [2.45, 2.75) is 56.6 Å².